The number of halogens is 5. The number of pyridine rings is 1. The van der Waals surface area contributed by atoms with Crippen LogP contribution in [-0.4, -0.2) is 82.5 Å². The third kappa shape index (κ3) is 9.12. The number of amidine groups is 1. The Morgan fingerprint density at radius 1 is 0.887 bits per heavy atom. The molecule has 0 bridgehead atoms. The van der Waals surface area contributed by atoms with E-state index in [-0.39, 0.29) is 11.9 Å². The largest absolute Gasteiger partial charge is 0.490 e. The monoisotopic (exact) mass is 736 g/mol. The van der Waals surface area contributed by atoms with Gasteiger partial charge in [0.1, 0.15) is 17.3 Å². The number of rotatable bonds is 10. The van der Waals surface area contributed by atoms with Crippen LogP contribution in [0.4, 0.5) is 22.0 Å². The Kier molecular flexibility index (Phi) is 12.3. The zero-order chi connectivity index (χ0) is 38.2. The van der Waals surface area contributed by atoms with Gasteiger partial charge in [0.2, 0.25) is 0 Å². The van der Waals surface area contributed by atoms with Gasteiger partial charge in [-0.2, -0.15) is 13.2 Å². The van der Waals surface area contributed by atoms with Crippen molar-refractivity contribution in [2.45, 2.75) is 43.8 Å². The highest BCUT2D eigenvalue weighted by Crippen LogP contribution is 2.41. The van der Waals surface area contributed by atoms with Gasteiger partial charge < -0.3 is 14.7 Å². The summed E-state index contributed by atoms with van der Waals surface area (Å²) in [5.41, 5.74) is 1.77. The second-order valence-electron chi connectivity index (χ2n) is 12.4. The van der Waals surface area contributed by atoms with Gasteiger partial charge in [-0.25, -0.2) is 23.4 Å². The molecule has 1 fully saturated rings. The number of carboxylic acid groups (broad SMARTS) is 1. The fourth-order valence-electron chi connectivity index (χ4n) is 6.46. The molecule has 4 aromatic rings. The van der Waals surface area contributed by atoms with Crippen LogP contribution >= 0.6 is 0 Å². The first kappa shape index (κ1) is 38.7. The molecule has 9 nitrogen and oxygen atoms in total. The van der Waals surface area contributed by atoms with E-state index in [0.29, 0.717) is 53.7 Å². The summed E-state index contributed by atoms with van der Waals surface area (Å²) in [7, 11) is 0. The molecule has 1 amide bonds. The zero-order valence-electron chi connectivity index (χ0n) is 28.7. The molecule has 3 aromatic carbocycles. The van der Waals surface area contributed by atoms with Crippen molar-refractivity contribution in [2.75, 3.05) is 32.8 Å². The molecule has 1 saturated heterocycles. The summed E-state index contributed by atoms with van der Waals surface area (Å²) in [5, 5.41) is 7.12. The molecule has 3 heterocycles. The number of likely N-dealkylation sites (tertiary alicyclic amines) is 1. The average molecular weight is 737 g/mol. The zero-order valence-corrected chi connectivity index (χ0v) is 28.7. The minimum Gasteiger partial charge on any atom is -0.475 e. The predicted molar refractivity (Wildman–Crippen MR) is 185 cm³/mol. The van der Waals surface area contributed by atoms with Crippen molar-refractivity contribution in [1.29, 1.82) is 0 Å². The van der Waals surface area contributed by atoms with E-state index >= 15 is 0 Å². The highest BCUT2D eigenvalue weighted by Gasteiger charge is 2.51. The van der Waals surface area contributed by atoms with E-state index in [9.17, 15) is 31.5 Å². The molecule has 0 saturated carbocycles. The van der Waals surface area contributed by atoms with E-state index in [1.807, 2.05) is 24.3 Å². The number of amides is 1. The highest BCUT2D eigenvalue weighted by molar-refractivity contribution is 6.16. The molecule has 0 unspecified atom stereocenters. The van der Waals surface area contributed by atoms with Crippen LogP contribution in [0.2, 0.25) is 0 Å². The van der Waals surface area contributed by atoms with Crippen LogP contribution in [0.25, 0.3) is 0 Å². The second kappa shape index (κ2) is 16.9. The fraction of sp³-hybridized carbons (Fsp3) is 0.308. The maximum atomic E-state index is 14.5. The number of aliphatic imine (C=N–C) groups is 1. The summed E-state index contributed by atoms with van der Waals surface area (Å²) in [6.45, 7) is 5.14. The third-order valence-corrected chi connectivity index (χ3v) is 9.06. The molecule has 2 aliphatic rings. The molecule has 0 aliphatic carbocycles. The summed E-state index contributed by atoms with van der Waals surface area (Å²) in [5.74, 6) is -3.40. The van der Waals surface area contributed by atoms with E-state index in [1.54, 1.807) is 54.4 Å². The number of carbonyl (C=O) groups is 3. The highest BCUT2D eigenvalue weighted by atomic mass is 19.4. The number of alkyl halides is 3. The van der Waals surface area contributed by atoms with Gasteiger partial charge >= 0.3 is 18.1 Å². The smallest absolute Gasteiger partial charge is 0.475 e. The quantitative estimate of drug-likeness (QED) is 0.138. The first-order chi connectivity index (χ1) is 25.3. The number of nitrogens with zero attached hydrogens (tertiary/aromatic N) is 4. The van der Waals surface area contributed by atoms with Crippen LogP contribution in [0, 0.1) is 11.6 Å². The van der Waals surface area contributed by atoms with E-state index in [0.717, 1.165) is 38.0 Å². The van der Waals surface area contributed by atoms with Gasteiger partial charge in [0, 0.05) is 12.7 Å². The molecular formula is C39H37F5N4O5. The lowest BCUT2D eigenvalue weighted by molar-refractivity contribution is -0.192. The van der Waals surface area contributed by atoms with E-state index in [1.165, 1.54) is 24.3 Å². The van der Waals surface area contributed by atoms with Crippen molar-refractivity contribution < 1.29 is 46.2 Å². The molecule has 0 atom stereocenters. The minimum atomic E-state index is -5.08. The van der Waals surface area contributed by atoms with Crippen molar-refractivity contribution >= 4 is 23.7 Å². The molecule has 2 aliphatic heterocycles. The number of aliphatic carboxylic acids is 1. The molecule has 14 heteroatoms. The van der Waals surface area contributed by atoms with Gasteiger partial charge in [-0.1, -0.05) is 42.5 Å². The number of aromatic nitrogens is 1. The van der Waals surface area contributed by atoms with Crippen molar-refractivity contribution in [2.24, 2.45) is 4.99 Å². The van der Waals surface area contributed by atoms with Crippen LogP contribution in [0.1, 0.15) is 64.8 Å². The van der Waals surface area contributed by atoms with E-state index in [4.69, 9.17) is 19.6 Å². The van der Waals surface area contributed by atoms with E-state index < -0.39 is 29.3 Å². The second-order valence-corrected chi connectivity index (χ2v) is 12.4. The van der Waals surface area contributed by atoms with Gasteiger partial charge in [0.25, 0.3) is 5.91 Å². The summed E-state index contributed by atoms with van der Waals surface area (Å²) in [4.78, 5) is 49.3. The number of esters is 1. The van der Waals surface area contributed by atoms with Crippen LogP contribution < -0.4 is 0 Å². The van der Waals surface area contributed by atoms with Crippen molar-refractivity contribution in [3.05, 3.63) is 137 Å². The first-order valence-corrected chi connectivity index (χ1v) is 17.0. The molecule has 53 heavy (non-hydrogen) atoms. The predicted octanol–water partition coefficient (Wildman–Crippen LogP) is 6.97. The number of piperidine rings is 1. The fourth-order valence-corrected chi connectivity index (χ4v) is 6.46. The van der Waals surface area contributed by atoms with Crippen LogP contribution in [0.3, 0.4) is 0 Å². The number of ether oxygens (including phenoxy) is 1. The van der Waals surface area contributed by atoms with Crippen LogP contribution in [0.15, 0.2) is 102 Å². The maximum Gasteiger partial charge on any atom is 0.490 e. The lowest BCUT2D eigenvalue weighted by Crippen LogP contribution is -2.43. The minimum absolute atomic E-state index is 0.286. The van der Waals surface area contributed by atoms with Gasteiger partial charge in [0.15, 0.2) is 11.4 Å². The number of hydrogen-bond donors (Lipinski definition) is 1. The van der Waals surface area contributed by atoms with Crippen molar-refractivity contribution in [3.8, 4) is 0 Å². The Balaban J connectivity index is 0.000000705. The van der Waals surface area contributed by atoms with Crippen molar-refractivity contribution in [1.82, 2.24) is 14.8 Å². The van der Waals surface area contributed by atoms with E-state index in [2.05, 4.69) is 16.0 Å². The third-order valence-electron chi connectivity index (χ3n) is 9.06. The Bertz CT molecular complexity index is 1870. The number of benzene rings is 3. The molecule has 6 rings (SSSR count). The first-order valence-electron chi connectivity index (χ1n) is 17.0. The number of carboxylic acids is 1. The summed E-state index contributed by atoms with van der Waals surface area (Å²) < 4.78 is 64.9. The average Bonchev–Trinajstić information content (AvgIpc) is 3.45. The summed E-state index contributed by atoms with van der Waals surface area (Å²) in [6.07, 6.45) is -0.798. The SMILES string of the molecule is CCOC(=O)c1cccc(C2CCN(CCCN3C(=O)C(c4ccc(F)cc4)(c4ccc(F)cc4)N=C3c3ccccn3)CC2)c1.O=C(O)C(F)(F)F. The van der Waals surface area contributed by atoms with Crippen molar-refractivity contribution in [3.63, 3.8) is 0 Å². The van der Waals surface area contributed by atoms with Gasteiger partial charge in [-0.05, 0) is 117 Å². The van der Waals surface area contributed by atoms with Gasteiger partial charge in [-0.3, -0.25) is 14.7 Å². The maximum absolute atomic E-state index is 14.5. The van der Waals surface area contributed by atoms with Gasteiger partial charge in [-0.15, -0.1) is 0 Å². The Labute approximate surface area is 302 Å². The molecule has 278 valence electrons. The standard InChI is InChI=1S/C37H36F2N4O3.C2HF3O2/c1-2-46-35(44)28-8-5-7-27(25-28)26-18-23-42(24-19-26)21-6-22-43-34(33-9-3-4-20-40-33)41-37(36(43)45,29-10-14-31(38)15-11-29)30-12-16-32(39)17-13-30;3-2(4,5)1(6)7/h3-5,7-17,20,25-26H,2,6,18-19,21-24H2,1H3;(H,6,7). The lowest BCUT2D eigenvalue weighted by Gasteiger charge is -2.33. The molecule has 1 aromatic heterocycles. The lowest BCUT2D eigenvalue weighted by atomic mass is 9.82. The Morgan fingerprint density at radius 3 is 2.02 bits per heavy atom. The normalized spacial score (nSPS) is 16.1. The molecule has 0 spiro atoms. The summed E-state index contributed by atoms with van der Waals surface area (Å²) >= 11 is 0. The Hall–Kier alpha value is -5.50. The number of hydrogen-bond acceptors (Lipinski definition) is 7. The molecule has 1 N–H and O–H groups in total. The van der Waals surface area contributed by atoms with Crippen LogP contribution in [0.5, 0.6) is 0 Å². The van der Waals surface area contributed by atoms with Crippen LogP contribution in [-0.2, 0) is 19.9 Å². The van der Waals surface area contributed by atoms with Gasteiger partial charge in [0.05, 0.1) is 12.2 Å². The molecular weight excluding hydrogens is 699 g/mol. The topological polar surface area (TPSA) is 112 Å². The Morgan fingerprint density at radius 2 is 1.49 bits per heavy atom. The molecule has 0 radical (unpaired) electrons. The number of carbonyl (C=O) groups excluding carboxylic acids is 2. The summed E-state index contributed by atoms with van der Waals surface area (Å²) in [6, 6.07) is 24.7.